The Morgan fingerprint density at radius 3 is 2.76 bits per heavy atom. The fraction of sp³-hybridized carbons (Fsp3) is 0.400. The Bertz CT molecular complexity index is 710. The Hall–Kier alpha value is -1.66. The summed E-state index contributed by atoms with van der Waals surface area (Å²) >= 11 is 0. The number of benzene rings is 1. The average Bonchev–Trinajstić information content (AvgIpc) is 2.87. The molecule has 0 aliphatic carbocycles. The number of aromatic amines is 1. The number of hydrogen-bond acceptors (Lipinski definition) is 4. The summed E-state index contributed by atoms with van der Waals surface area (Å²) < 4.78 is 24.0. The highest BCUT2D eigenvalue weighted by Gasteiger charge is 2.32. The van der Waals surface area contributed by atoms with E-state index in [-0.39, 0.29) is 17.5 Å². The molecule has 1 saturated heterocycles. The summed E-state index contributed by atoms with van der Waals surface area (Å²) in [4.78, 5) is 2.23. The molecule has 1 aliphatic heterocycles. The van der Waals surface area contributed by atoms with E-state index in [0.29, 0.717) is 6.54 Å². The molecule has 1 aromatic heterocycles. The highest BCUT2D eigenvalue weighted by Crippen LogP contribution is 2.28. The van der Waals surface area contributed by atoms with Crippen LogP contribution < -0.4 is 0 Å². The molecule has 5 nitrogen and oxygen atoms in total. The van der Waals surface area contributed by atoms with Crippen LogP contribution in [0.4, 0.5) is 0 Å². The van der Waals surface area contributed by atoms with Crippen LogP contribution >= 0.6 is 0 Å². The van der Waals surface area contributed by atoms with Gasteiger partial charge >= 0.3 is 0 Å². The smallest absolute Gasteiger partial charge is 0.153 e. The first-order valence-electron chi connectivity index (χ1n) is 7.03. The largest absolute Gasteiger partial charge is 0.290 e. The molecule has 1 unspecified atom stereocenters. The van der Waals surface area contributed by atoms with Crippen LogP contribution in [0.15, 0.2) is 36.5 Å². The molecule has 2 aromatic rings. The molecule has 21 heavy (non-hydrogen) atoms. The third-order valence-corrected chi connectivity index (χ3v) is 5.66. The van der Waals surface area contributed by atoms with E-state index in [9.17, 15) is 8.42 Å². The number of aromatic nitrogens is 2. The fourth-order valence-electron chi connectivity index (χ4n) is 2.77. The van der Waals surface area contributed by atoms with Gasteiger partial charge in [0.2, 0.25) is 0 Å². The second-order valence-electron chi connectivity index (χ2n) is 5.53. The van der Waals surface area contributed by atoms with Crippen LogP contribution in [-0.2, 0) is 16.4 Å². The molecule has 0 saturated carbocycles. The van der Waals surface area contributed by atoms with Crippen molar-refractivity contribution >= 4 is 9.84 Å². The Kier molecular flexibility index (Phi) is 3.82. The van der Waals surface area contributed by atoms with Gasteiger partial charge in [-0.05, 0) is 12.5 Å². The molecule has 2 heterocycles. The van der Waals surface area contributed by atoms with Crippen LogP contribution in [0.2, 0.25) is 0 Å². The second-order valence-corrected chi connectivity index (χ2v) is 7.76. The summed E-state index contributed by atoms with van der Waals surface area (Å²) in [6, 6.07) is 9.78. The maximum absolute atomic E-state index is 12.0. The molecular weight excluding hydrogens is 286 g/mol. The second kappa shape index (κ2) is 5.61. The lowest BCUT2D eigenvalue weighted by atomic mass is 10.1. The van der Waals surface area contributed by atoms with E-state index < -0.39 is 9.84 Å². The minimum atomic E-state index is -2.97. The molecule has 0 amide bonds. The lowest BCUT2D eigenvalue weighted by Gasteiger charge is -2.35. The number of hydrogen-bond donors (Lipinski definition) is 1. The Morgan fingerprint density at radius 2 is 2.10 bits per heavy atom. The van der Waals surface area contributed by atoms with Crippen LogP contribution in [0.1, 0.15) is 22.9 Å². The number of aryl methyl sites for hydroxylation is 1. The summed E-state index contributed by atoms with van der Waals surface area (Å²) in [5, 5.41) is 6.98. The van der Waals surface area contributed by atoms with Gasteiger partial charge < -0.3 is 0 Å². The number of nitrogens with one attached hydrogen (secondary N) is 1. The minimum Gasteiger partial charge on any atom is -0.290 e. The summed E-state index contributed by atoms with van der Waals surface area (Å²) in [5.41, 5.74) is 3.22. The molecule has 6 heteroatoms. The van der Waals surface area contributed by atoms with Crippen LogP contribution in [0.3, 0.4) is 0 Å². The van der Waals surface area contributed by atoms with E-state index in [0.717, 1.165) is 23.4 Å². The maximum atomic E-state index is 12.0. The van der Waals surface area contributed by atoms with Crippen molar-refractivity contribution in [3.63, 3.8) is 0 Å². The van der Waals surface area contributed by atoms with Gasteiger partial charge in [-0.2, -0.15) is 5.10 Å². The van der Waals surface area contributed by atoms with Crippen molar-refractivity contribution in [1.29, 1.82) is 0 Å². The molecule has 0 radical (unpaired) electrons. The van der Waals surface area contributed by atoms with Crippen molar-refractivity contribution in [2.24, 2.45) is 0 Å². The van der Waals surface area contributed by atoms with E-state index in [1.165, 1.54) is 0 Å². The molecule has 1 aliphatic rings. The van der Waals surface area contributed by atoms with E-state index in [2.05, 4.69) is 15.1 Å². The molecular formula is C15H19N3O2S. The number of nitrogens with zero attached hydrogens (tertiary/aromatic N) is 2. The molecule has 1 fully saturated rings. The van der Waals surface area contributed by atoms with Crippen LogP contribution in [0.25, 0.3) is 0 Å². The van der Waals surface area contributed by atoms with Crippen molar-refractivity contribution in [3.8, 4) is 0 Å². The molecule has 1 N–H and O–H groups in total. The standard InChI is InChI=1S/C15H19N3O2S/c1-12-14(9-16-17-12)10-18-7-8-21(19,20)11-15(18)13-5-3-2-4-6-13/h2-6,9,15H,7-8,10-11H2,1H3,(H,16,17). The summed E-state index contributed by atoms with van der Waals surface area (Å²) in [6.45, 7) is 3.27. The number of rotatable bonds is 3. The molecule has 0 spiro atoms. The van der Waals surface area contributed by atoms with Crippen molar-refractivity contribution < 1.29 is 8.42 Å². The van der Waals surface area contributed by atoms with Gasteiger partial charge in [0, 0.05) is 30.4 Å². The zero-order chi connectivity index (χ0) is 14.9. The summed E-state index contributed by atoms with van der Waals surface area (Å²) in [6.07, 6.45) is 1.82. The van der Waals surface area contributed by atoms with Gasteiger partial charge in [0.1, 0.15) is 0 Å². The van der Waals surface area contributed by atoms with E-state index in [4.69, 9.17) is 0 Å². The molecule has 1 aromatic carbocycles. The predicted molar refractivity (Wildman–Crippen MR) is 81.6 cm³/mol. The van der Waals surface area contributed by atoms with Crippen molar-refractivity contribution in [2.45, 2.75) is 19.5 Å². The quantitative estimate of drug-likeness (QED) is 0.937. The summed E-state index contributed by atoms with van der Waals surface area (Å²) in [5.74, 6) is 0.418. The Labute approximate surface area is 124 Å². The van der Waals surface area contributed by atoms with Gasteiger partial charge in [-0.25, -0.2) is 8.42 Å². The lowest BCUT2D eigenvalue weighted by Crippen LogP contribution is -2.42. The maximum Gasteiger partial charge on any atom is 0.153 e. The van der Waals surface area contributed by atoms with Gasteiger partial charge in [-0.3, -0.25) is 10.00 Å². The van der Waals surface area contributed by atoms with Crippen LogP contribution in [0, 0.1) is 6.92 Å². The van der Waals surface area contributed by atoms with Gasteiger partial charge in [0.25, 0.3) is 0 Å². The highest BCUT2D eigenvalue weighted by molar-refractivity contribution is 7.91. The number of H-pyrrole nitrogens is 1. The average molecular weight is 305 g/mol. The van der Waals surface area contributed by atoms with E-state index >= 15 is 0 Å². The first kappa shape index (κ1) is 14.3. The Balaban J connectivity index is 1.89. The zero-order valence-corrected chi connectivity index (χ0v) is 12.8. The molecule has 0 bridgehead atoms. The van der Waals surface area contributed by atoms with E-state index in [1.807, 2.05) is 43.5 Å². The van der Waals surface area contributed by atoms with Gasteiger partial charge in [0.05, 0.1) is 17.7 Å². The monoisotopic (exact) mass is 305 g/mol. The third-order valence-electron chi connectivity index (χ3n) is 4.03. The number of sulfone groups is 1. The molecule has 3 rings (SSSR count). The van der Waals surface area contributed by atoms with Crippen LogP contribution in [-0.4, -0.2) is 41.6 Å². The van der Waals surface area contributed by atoms with Crippen molar-refractivity contribution in [2.75, 3.05) is 18.1 Å². The third kappa shape index (κ3) is 3.16. The normalized spacial score (nSPS) is 22.2. The summed E-state index contributed by atoms with van der Waals surface area (Å²) in [7, 11) is -2.97. The highest BCUT2D eigenvalue weighted by atomic mass is 32.2. The minimum absolute atomic E-state index is 0.0840. The lowest BCUT2D eigenvalue weighted by molar-refractivity contribution is 0.206. The predicted octanol–water partition coefficient (Wildman–Crippen LogP) is 1.69. The topological polar surface area (TPSA) is 66.1 Å². The molecule has 1 atom stereocenters. The fourth-order valence-corrected chi connectivity index (χ4v) is 4.33. The van der Waals surface area contributed by atoms with Crippen molar-refractivity contribution in [1.82, 2.24) is 15.1 Å². The first-order valence-corrected chi connectivity index (χ1v) is 8.85. The van der Waals surface area contributed by atoms with Crippen LogP contribution in [0.5, 0.6) is 0 Å². The van der Waals surface area contributed by atoms with Crippen molar-refractivity contribution in [3.05, 3.63) is 53.3 Å². The van der Waals surface area contributed by atoms with E-state index in [1.54, 1.807) is 0 Å². The van der Waals surface area contributed by atoms with Gasteiger partial charge in [-0.15, -0.1) is 0 Å². The SMILES string of the molecule is Cc1[nH]ncc1CN1CCS(=O)(=O)CC1c1ccccc1. The zero-order valence-electron chi connectivity index (χ0n) is 12.0. The molecule has 112 valence electrons. The Morgan fingerprint density at radius 1 is 1.33 bits per heavy atom. The van der Waals surface area contributed by atoms with Gasteiger partial charge in [-0.1, -0.05) is 30.3 Å². The van der Waals surface area contributed by atoms with Gasteiger partial charge in [0.15, 0.2) is 9.84 Å². The first-order chi connectivity index (χ1) is 10.1.